The maximum Gasteiger partial charge on any atom is 0.325 e. The smallest absolute Gasteiger partial charge is 0.318 e. The third-order valence-electron chi connectivity index (χ3n) is 4.41. The third-order valence-corrected chi connectivity index (χ3v) is 4.41. The van der Waals surface area contributed by atoms with Gasteiger partial charge in [0.1, 0.15) is 0 Å². The Labute approximate surface area is 138 Å². The summed E-state index contributed by atoms with van der Waals surface area (Å²) in [5, 5.41) is 0. The normalized spacial score (nSPS) is 13.8. The van der Waals surface area contributed by atoms with Gasteiger partial charge >= 0.3 is 6.03 Å². The Hall–Kier alpha value is -2.29. The minimum Gasteiger partial charge on any atom is -0.318 e. The Bertz CT molecular complexity index is 666. The first kappa shape index (κ1) is 15.6. The fourth-order valence-electron chi connectivity index (χ4n) is 3.14. The Morgan fingerprint density at radius 1 is 1.09 bits per heavy atom. The molecule has 3 nitrogen and oxygen atoms in total. The summed E-state index contributed by atoms with van der Waals surface area (Å²) in [6.45, 7) is 5.61. The molecule has 0 saturated carbocycles. The number of fused-ring (bicyclic) bond motifs is 1. The number of rotatable bonds is 3. The van der Waals surface area contributed by atoms with Gasteiger partial charge < -0.3 is 4.90 Å². The lowest BCUT2D eigenvalue weighted by Crippen LogP contribution is -2.47. The predicted molar refractivity (Wildman–Crippen MR) is 94.6 cm³/mol. The molecule has 0 radical (unpaired) electrons. The zero-order chi connectivity index (χ0) is 16.2. The van der Waals surface area contributed by atoms with Gasteiger partial charge in [-0.3, -0.25) is 4.90 Å². The minimum absolute atomic E-state index is 0.107. The van der Waals surface area contributed by atoms with Crippen molar-refractivity contribution in [3.05, 3.63) is 65.7 Å². The van der Waals surface area contributed by atoms with E-state index >= 15 is 0 Å². The van der Waals surface area contributed by atoms with Crippen LogP contribution in [0.4, 0.5) is 10.5 Å². The van der Waals surface area contributed by atoms with E-state index < -0.39 is 0 Å². The maximum atomic E-state index is 13.2. The number of hydrogen-bond acceptors (Lipinski definition) is 1. The van der Waals surface area contributed by atoms with Crippen LogP contribution in [0.2, 0.25) is 0 Å². The number of nitrogens with zero attached hydrogens (tertiary/aromatic N) is 2. The van der Waals surface area contributed by atoms with Gasteiger partial charge in [0.15, 0.2) is 0 Å². The minimum atomic E-state index is 0.107. The summed E-state index contributed by atoms with van der Waals surface area (Å²) >= 11 is 0. The number of para-hydroxylation sites is 1. The largest absolute Gasteiger partial charge is 0.325 e. The highest BCUT2D eigenvalue weighted by Crippen LogP contribution is 2.28. The molecule has 1 aliphatic heterocycles. The molecule has 1 heterocycles. The topological polar surface area (TPSA) is 23.6 Å². The highest BCUT2D eigenvalue weighted by molar-refractivity contribution is 5.93. The van der Waals surface area contributed by atoms with Crippen molar-refractivity contribution < 1.29 is 4.79 Å². The van der Waals surface area contributed by atoms with Crippen LogP contribution in [0.25, 0.3) is 0 Å². The molecular formula is C20H24N2O. The number of anilines is 1. The van der Waals surface area contributed by atoms with E-state index in [-0.39, 0.29) is 12.1 Å². The summed E-state index contributed by atoms with van der Waals surface area (Å²) in [6, 6.07) is 18.7. The first-order valence-electron chi connectivity index (χ1n) is 8.37. The van der Waals surface area contributed by atoms with Gasteiger partial charge in [-0.25, -0.2) is 4.79 Å². The standard InChI is InChI=1S/C20H24N2O/c1-16(2)22(15-17-9-4-3-5-10-17)20(23)21-14-8-12-18-11-6-7-13-19(18)21/h3-7,9-11,13,16H,8,12,14-15H2,1-2H3. The number of carbonyl (C=O) groups excluding carboxylic acids is 1. The fraction of sp³-hybridized carbons (Fsp3) is 0.350. The van der Waals surface area contributed by atoms with Crippen molar-refractivity contribution in [2.45, 2.75) is 39.3 Å². The average Bonchev–Trinajstić information content (AvgIpc) is 2.59. The van der Waals surface area contributed by atoms with Gasteiger partial charge in [0.05, 0.1) is 0 Å². The van der Waals surface area contributed by atoms with Crippen LogP contribution >= 0.6 is 0 Å². The quantitative estimate of drug-likeness (QED) is 0.820. The van der Waals surface area contributed by atoms with E-state index in [4.69, 9.17) is 0 Å². The van der Waals surface area contributed by atoms with Crippen LogP contribution in [-0.2, 0) is 13.0 Å². The van der Waals surface area contributed by atoms with Crippen LogP contribution in [0.1, 0.15) is 31.4 Å². The van der Waals surface area contributed by atoms with Crippen molar-refractivity contribution in [1.82, 2.24) is 4.90 Å². The Kier molecular flexibility index (Phi) is 4.65. The lowest BCUT2D eigenvalue weighted by Gasteiger charge is -2.36. The van der Waals surface area contributed by atoms with Crippen LogP contribution in [-0.4, -0.2) is 23.5 Å². The molecule has 3 heteroatoms. The van der Waals surface area contributed by atoms with E-state index in [2.05, 4.69) is 44.2 Å². The van der Waals surface area contributed by atoms with Gasteiger partial charge in [-0.15, -0.1) is 0 Å². The second kappa shape index (κ2) is 6.86. The molecule has 2 aromatic carbocycles. The molecule has 0 unspecified atom stereocenters. The van der Waals surface area contributed by atoms with Gasteiger partial charge in [-0.05, 0) is 43.9 Å². The Morgan fingerprint density at radius 2 is 1.78 bits per heavy atom. The van der Waals surface area contributed by atoms with Crippen LogP contribution in [0.3, 0.4) is 0 Å². The molecule has 0 fully saturated rings. The van der Waals surface area contributed by atoms with Gasteiger partial charge in [-0.1, -0.05) is 48.5 Å². The second-order valence-electron chi connectivity index (χ2n) is 6.37. The SMILES string of the molecule is CC(C)N(Cc1ccccc1)C(=O)N1CCCc2ccccc21. The molecule has 0 aromatic heterocycles. The first-order valence-corrected chi connectivity index (χ1v) is 8.37. The van der Waals surface area contributed by atoms with E-state index in [0.717, 1.165) is 25.1 Å². The molecule has 0 atom stereocenters. The van der Waals surface area contributed by atoms with Crippen LogP contribution < -0.4 is 4.90 Å². The van der Waals surface area contributed by atoms with E-state index in [1.165, 1.54) is 11.1 Å². The molecule has 23 heavy (non-hydrogen) atoms. The number of urea groups is 1. The molecule has 2 aromatic rings. The Balaban J connectivity index is 1.85. The lowest BCUT2D eigenvalue weighted by atomic mass is 10.0. The molecular weight excluding hydrogens is 284 g/mol. The fourth-order valence-corrected chi connectivity index (χ4v) is 3.14. The number of aryl methyl sites for hydroxylation is 1. The third kappa shape index (κ3) is 3.39. The van der Waals surface area contributed by atoms with Crippen LogP contribution in [0.5, 0.6) is 0 Å². The van der Waals surface area contributed by atoms with Crippen LogP contribution in [0.15, 0.2) is 54.6 Å². The molecule has 2 amide bonds. The number of hydrogen-bond donors (Lipinski definition) is 0. The zero-order valence-corrected chi connectivity index (χ0v) is 13.9. The highest BCUT2D eigenvalue weighted by Gasteiger charge is 2.27. The summed E-state index contributed by atoms with van der Waals surface area (Å²) in [5.74, 6) is 0. The Morgan fingerprint density at radius 3 is 2.52 bits per heavy atom. The summed E-state index contributed by atoms with van der Waals surface area (Å²) in [6.07, 6.45) is 2.08. The number of carbonyl (C=O) groups is 1. The van der Waals surface area contributed by atoms with Crippen molar-refractivity contribution in [2.24, 2.45) is 0 Å². The van der Waals surface area contributed by atoms with Crippen LogP contribution in [0, 0.1) is 0 Å². The molecule has 120 valence electrons. The van der Waals surface area contributed by atoms with Crippen molar-refractivity contribution in [1.29, 1.82) is 0 Å². The number of benzene rings is 2. The monoisotopic (exact) mass is 308 g/mol. The highest BCUT2D eigenvalue weighted by atomic mass is 16.2. The van der Waals surface area contributed by atoms with Gasteiger partial charge in [-0.2, -0.15) is 0 Å². The number of amides is 2. The van der Waals surface area contributed by atoms with Gasteiger partial charge in [0.2, 0.25) is 0 Å². The lowest BCUT2D eigenvalue weighted by molar-refractivity contribution is 0.186. The summed E-state index contributed by atoms with van der Waals surface area (Å²) in [5.41, 5.74) is 3.51. The molecule has 0 bridgehead atoms. The zero-order valence-electron chi connectivity index (χ0n) is 13.9. The molecule has 3 rings (SSSR count). The van der Waals surface area contributed by atoms with E-state index in [1.54, 1.807) is 0 Å². The van der Waals surface area contributed by atoms with Crippen molar-refractivity contribution in [3.63, 3.8) is 0 Å². The molecule has 0 saturated heterocycles. The average molecular weight is 308 g/mol. The molecule has 0 aliphatic carbocycles. The first-order chi connectivity index (χ1) is 11.2. The summed E-state index contributed by atoms with van der Waals surface area (Å²) in [4.78, 5) is 17.1. The van der Waals surface area contributed by atoms with E-state index in [0.29, 0.717) is 6.54 Å². The maximum absolute atomic E-state index is 13.2. The molecule has 1 aliphatic rings. The van der Waals surface area contributed by atoms with Crippen molar-refractivity contribution in [2.75, 3.05) is 11.4 Å². The summed E-state index contributed by atoms with van der Waals surface area (Å²) < 4.78 is 0. The second-order valence-corrected chi connectivity index (χ2v) is 6.37. The van der Waals surface area contributed by atoms with Gasteiger partial charge in [0.25, 0.3) is 0 Å². The van der Waals surface area contributed by atoms with E-state index in [1.807, 2.05) is 34.1 Å². The van der Waals surface area contributed by atoms with Gasteiger partial charge in [0, 0.05) is 24.8 Å². The summed E-state index contributed by atoms with van der Waals surface area (Å²) in [7, 11) is 0. The molecule has 0 N–H and O–H groups in total. The van der Waals surface area contributed by atoms with E-state index in [9.17, 15) is 4.79 Å². The molecule has 0 spiro atoms. The predicted octanol–water partition coefficient (Wildman–Crippen LogP) is 4.47. The van der Waals surface area contributed by atoms with Crippen molar-refractivity contribution >= 4 is 11.7 Å². The van der Waals surface area contributed by atoms with Crippen molar-refractivity contribution in [3.8, 4) is 0 Å².